The normalized spacial score (nSPS) is 16.3. The molecule has 0 fully saturated rings. The first kappa shape index (κ1) is 23.4. The van der Waals surface area contributed by atoms with Crippen molar-refractivity contribution in [2.75, 3.05) is 0 Å². The van der Waals surface area contributed by atoms with Gasteiger partial charge in [0, 0.05) is 36.5 Å². The molecule has 0 saturated heterocycles. The zero-order valence-corrected chi connectivity index (χ0v) is 18.1. The van der Waals surface area contributed by atoms with Crippen LogP contribution in [-0.4, -0.2) is 27.7 Å². The maximum absolute atomic E-state index is 13.6. The Labute approximate surface area is 193 Å². The molecule has 0 bridgehead atoms. The Morgan fingerprint density at radius 2 is 1.85 bits per heavy atom. The molecule has 0 aliphatic carbocycles. The second-order valence-corrected chi connectivity index (χ2v) is 8.11. The van der Waals surface area contributed by atoms with Gasteiger partial charge in [0.25, 0.3) is 5.91 Å². The van der Waals surface area contributed by atoms with Crippen molar-refractivity contribution in [2.24, 2.45) is 0 Å². The standard InChI is InChI=1S/C25H21F4N3O2/c1-15(12-17-6-4-5-11-30-17)32-22(18-7-2-3-8-19(18)24(32)34)23(33)31-14-16-9-10-21(26)20(13-16)25(27,28)29/h2-11,13,15,22H,12,14H2,1H3,(H,31,33). The minimum atomic E-state index is -4.85. The van der Waals surface area contributed by atoms with Crippen LogP contribution in [0.25, 0.3) is 0 Å². The second kappa shape index (κ2) is 9.24. The van der Waals surface area contributed by atoms with Crippen LogP contribution in [0, 0.1) is 5.82 Å². The highest BCUT2D eigenvalue weighted by Crippen LogP contribution is 2.36. The van der Waals surface area contributed by atoms with Crippen LogP contribution >= 0.6 is 0 Å². The van der Waals surface area contributed by atoms with Crippen molar-refractivity contribution in [3.05, 3.63) is 101 Å². The molecule has 5 nitrogen and oxygen atoms in total. The van der Waals surface area contributed by atoms with Crippen LogP contribution in [0.3, 0.4) is 0 Å². The summed E-state index contributed by atoms with van der Waals surface area (Å²) in [5, 5.41) is 2.61. The van der Waals surface area contributed by atoms with Gasteiger partial charge in [0.15, 0.2) is 0 Å². The highest BCUT2D eigenvalue weighted by molar-refractivity contribution is 6.04. The number of aromatic nitrogens is 1. The van der Waals surface area contributed by atoms with Gasteiger partial charge in [-0.15, -0.1) is 0 Å². The molecule has 2 atom stereocenters. The van der Waals surface area contributed by atoms with Crippen LogP contribution in [0.5, 0.6) is 0 Å². The Morgan fingerprint density at radius 1 is 1.12 bits per heavy atom. The number of halogens is 4. The number of nitrogens with one attached hydrogen (secondary N) is 1. The predicted molar refractivity (Wildman–Crippen MR) is 116 cm³/mol. The molecule has 0 radical (unpaired) electrons. The van der Waals surface area contributed by atoms with Crippen LogP contribution in [-0.2, 0) is 23.9 Å². The molecule has 2 unspecified atom stereocenters. The number of carbonyl (C=O) groups is 2. The quantitative estimate of drug-likeness (QED) is 0.531. The molecule has 2 aromatic carbocycles. The first-order chi connectivity index (χ1) is 16.2. The zero-order valence-electron chi connectivity index (χ0n) is 18.1. The van der Waals surface area contributed by atoms with E-state index in [1.165, 1.54) is 11.0 Å². The number of alkyl halides is 3. The van der Waals surface area contributed by atoms with E-state index in [1.54, 1.807) is 36.5 Å². The van der Waals surface area contributed by atoms with Crippen LogP contribution in [0.15, 0.2) is 66.9 Å². The maximum Gasteiger partial charge on any atom is 0.419 e. The topological polar surface area (TPSA) is 62.3 Å². The summed E-state index contributed by atoms with van der Waals surface area (Å²) in [5.74, 6) is -2.23. The van der Waals surface area contributed by atoms with E-state index in [4.69, 9.17) is 0 Å². The van der Waals surface area contributed by atoms with Crippen molar-refractivity contribution in [3.63, 3.8) is 0 Å². The summed E-state index contributed by atoms with van der Waals surface area (Å²) in [6.45, 7) is 1.56. The molecule has 0 spiro atoms. The molecular weight excluding hydrogens is 450 g/mol. The lowest BCUT2D eigenvalue weighted by molar-refractivity contribution is -0.140. The van der Waals surface area contributed by atoms with Crippen molar-refractivity contribution in [1.29, 1.82) is 0 Å². The van der Waals surface area contributed by atoms with Crippen molar-refractivity contribution in [1.82, 2.24) is 15.2 Å². The molecule has 0 saturated carbocycles. The number of carbonyl (C=O) groups excluding carboxylic acids is 2. The van der Waals surface area contributed by atoms with Crippen molar-refractivity contribution in [2.45, 2.75) is 38.1 Å². The summed E-state index contributed by atoms with van der Waals surface area (Å²) in [7, 11) is 0. The van der Waals surface area contributed by atoms with E-state index in [0.717, 1.165) is 11.8 Å². The fourth-order valence-corrected chi connectivity index (χ4v) is 4.16. The zero-order chi connectivity index (χ0) is 24.5. The van der Waals surface area contributed by atoms with Gasteiger partial charge in [-0.1, -0.05) is 30.3 Å². The third-order valence-corrected chi connectivity index (χ3v) is 5.76. The third kappa shape index (κ3) is 4.64. The number of amides is 2. The smallest absolute Gasteiger partial charge is 0.350 e. The first-order valence-corrected chi connectivity index (χ1v) is 10.6. The molecule has 4 rings (SSSR count). The molecule has 1 N–H and O–H groups in total. The number of nitrogens with zero attached hydrogens (tertiary/aromatic N) is 2. The van der Waals surface area contributed by atoms with Gasteiger partial charge in [0.1, 0.15) is 11.9 Å². The van der Waals surface area contributed by atoms with Gasteiger partial charge >= 0.3 is 6.18 Å². The van der Waals surface area contributed by atoms with E-state index >= 15 is 0 Å². The summed E-state index contributed by atoms with van der Waals surface area (Å²) in [5.41, 5.74) is 0.368. The molecule has 1 aliphatic rings. The van der Waals surface area contributed by atoms with Crippen LogP contribution < -0.4 is 5.32 Å². The molecule has 2 heterocycles. The lowest BCUT2D eigenvalue weighted by Crippen LogP contribution is -2.44. The minimum Gasteiger partial charge on any atom is -0.350 e. The number of pyridine rings is 1. The Balaban J connectivity index is 1.57. The molecule has 1 aromatic heterocycles. The molecule has 1 aliphatic heterocycles. The average molecular weight is 471 g/mol. The Hall–Kier alpha value is -3.75. The molecule has 9 heteroatoms. The van der Waals surface area contributed by atoms with E-state index < -0.39 is 29.5 Å². The highest BCUT2D eigenvalue weighted by Gasteiger charge is 2.43. The van der Waals surface area contributed by atoms with Gasteiger partial charge in [0.05, 0.1) is 5.56 Å². The maximum atomic E-state index is 13.6. The van der Waals surface area contributed by atoms with Crippen molar-refractivity contribution in [3.8, 4) is 0 Å². The monoisotopic (exact) mass is 471 g/mol. The van der Waals surface area contributed by atoms with Crippen LogP contribution in [0.4, 0.5) is 17.6 Å². The van der Waals surface area contributed by atoms with Crippen molar-refractivity contribution < 1.29 is 27.2 Å². The van der Waals surface area contributed by atoms with E-state index in [2.05, 4.69) is 10.3 Å². The molecule has 3 aromatic rings. The number of rotatable bonds is 6. The Morgan fingerprint density at radius 3 is 2.56 bits per heavy atom. The lowest BCUT2D eigenvalue weighted by Gasteiger charge is -2.30. The van der Waals surface area contributed by atoms with Gasteiger partial charge in [0.2, 0.25) is 5.91 Å². The minimum absolute atomic E-state index is 0.0905. The van der Waals surface area contributed by atoms with E-state index in [1.807, 2.05) is 19.1 Å². The number of benzene rings is 2. The van der Waals surface area contributed by atoms with Gasteiger partial charge in [-0.3, -0.25) is 14.6 Å². The summed E-state index contributed by atoms with van der Waals surface area (Å²) < 4.78 is 52.7. The van der Waals surface area contributed by atoms with E-state index in [9.17, 15) is 27.2 Å². The summed E-state index contributed by atoms with van der Waals surface area (Å²) >= 11 is 0. The Bertz CT molecular complexity index is 1210. The van der Waals surface area contributed by atoms with Gasteiger partial charge in [-0.05, 0) is 48.4 Å². The third-order valence-electron chi connectivity index (χ3n) is 5.76. The predicted octanol–water partition coefficient (Wildman–Crippen LogP) is 4.68. The van der Waals surface area contributed by atoms with Crippen molar-refractivity contribution >= 4 is 11.8 Å². The van der Waals surface area contributed by atoms with Crippen LogP contribution in [0.1, 0.15) is 45.7 Å². The number of hydrogen-bond acceptors (Lipinski definition) is 3. The fourth-order valence-electron chi connectivity index (χ4n) is 4.16. The largest absolute Gasteiger partial charge is 0.419 e. The van der Waals surface area contributed by atoms with Gasteiger partial charge in [-0.2, -0.15) is 13.2 Å². The Kier molecular flexibility index (Phi) is 6.37. The summed E-state index contributed by atoms with van der Waals surface area (Å²) in [4.78, 5) is 32.2. The van der Waals surface area contributed by atoms with Gasteiger partial charge in [-0.25, -0.2) is 4.39 Å². The highest BCUT2D eigenvalue weighted by atomic mass is 19.4. The SMILES string of the molecule is CC(Cc1ccccn1)N1C(=O)c2ccccc2C1C(=O)NCc1ccc(F)c(C(F)(F)F)c1. The lowest BCUT2D eigenvalue weighted by atomic mass is 10.0. The summed E-state index contributed by atoms with van der Waals surface area (Å²) in [6.07, 6.45) is -2.79. The number of fused-ring (bicyclic) bond motifs is 1. The molecule has 2 amide bonds. The second-order valence-electron chi connectivity index (χ2n) is 8.11. The molecule has 176 valence electrons. The van der Waals surface area contributed by atoms with E-state index in [0.29, 0.717) is 23.6 Å². The number of hydrogen-bond donors (Lipinski definition) is 1. The van der Waals surface area contributed by atoms with Crippen LogP contribution in [0.2, 0.25) is 0 Å². The molecule has 34 heavy (non-hydrogen) atoms. The first-order valence-electron chi connectivity index (χ1n) is 10.6. The average Bonchev–Trinajstić information content (AvgIpc) is 3.11. The summed E-state index contributed by atoms with van der Waals surface area (Å²) in [6, 6.07) is 13.4. The van der Waals surface area contributed by atoms with Gasteiger partial charge < -0.3 is 10.2 Å². The fraction of sp³-hybridized carbons (Fsp3) is 0.240. The molecular formula is C25H21F4N3O2. The van der Waals surface area contributed by atoms with E-state index in [-0.39, 0.29) is 24.1 Å².